The van der Waals surface area contributed by atoms with Gasteiger partial charge in [0.25, 0.3) is 0 Å². The maximum absolute atomic E-state index is 6.53. The van der Waals surface area contributed by atoms with Gasteiger partial charge in [-0.25, -0.2) is 0 Å². The van der Waals surface area contributed by atoms with Crippen molar-refractivity contribution in [3.63, 3.8) is 0 Å². The van der Waals surface area contributed by atoms with Crippen molar-refractivity contribution >= 4 is 0 Å². The van der Waals surface area contributed by atoms with Gasteiger partial charge < -0.3 is 9.47 Å². The van der Waals surface area contributed by atoms with E-state index in [-0.39, 0.29) is 5.79 Å². The molecule has 1 aliphatic rings. The lowest BCUT2D eigenvalue weighted by atomic mass is 9.96. The monoisotopic (exact) mass is 627 g/mol. The third kappa shape index (κ3) is 26.6. The van der Waals surface area contributed by atoms with Gasteiger partial charge in [0.1, 0.15) is 0 Å². The minimum atomic E-state index is -0.297. The second kappa shape index (κ2) is 32.8. The van der Waals surface area contributed by atoms with Crippen molar-refractivity contribution < 1.29 is 9.47 Å². The van der Waals surface area contributed by atoms with Crippen molar-refractivity contribution in [3.05, 3.63) is 48.6 Å². The van der Waals surface area contributed by atoms with Crippen LogP contribution in [0.15, 0.2) is 48.6 Å². The van der Waals surface area contributed by atoms with Crippen molar-refractivity contribution in [2.45, 2.75) is 206 Å². The highest BCUT2D eigenvalue weighted by atomic mass is 16.7. The summed E-state index contributed by atoms with van der Waals surface area (Å²) in [7, 11) is 0. The molecule has 0 bridgehead atoms. The van der Waals surface area contributed by atoms with Gasteiger partial charge in [0, 0.05) is 18.8 Å². The summed E-state index contributed by atoms with van der Waals surface area (Å²) < 4.78 is 13.1. The molecule has 0 saturated carbocycles. The van der Waals surface area contributed by atoms with Crippen LogP contribution in [0.1, 0.15) is 201 Å². The average molecular weight is 627 g/mol. The van der Waals surface area contributed by atoms with Gasteiger partial charge in [0.2, 0.25) is 0 Å². The smallest absolute Gasteiger partial charge is 0.168 e. The molecule has 262 valence electrons. The standard InChI is InChI=1S/C43H78O2/c1-4-7-9-11-13-15-17-19-21-23-25-27-29-31-33-35-38-43(44-40-42(37-6-3)41-45-43)39-36-34-32-30-28-26-24-22-20-18-16-14-12-10-8-5-2/h13-16,19-22,42H,4-12,17-18,23-41H2,1-3H3/b15-13-,16-14-,21-19-,22-20-. The molecule has 0 amide bonds. The SMILES string of the molecule is CCCCC/C=C\C/C=C\CCCCCCCCC1(CCCCCCCC/C=C\C/C=C\CCCCC)OCC(CCC)CO1. The fourth-order valence-corrected chi connectivity index (χ4v) is 6.38. The van der Waals surface area contributed by atoms with Crippen LogP contribution in [-0.2, 0) is 9.47 Å². The van der Waals surface area contributed by atoms with Crippen LogP contribution < -0.4 is 0 Å². The zero-order chi connectivity index (χ0) is 32.4. The molecule has 0 aromatic carbocycles. The number of unbranched alkanes of at least 4 members (excludes halogenated alkanes) is 18. The van der Waals surface area contributed by atoms with Gasteiger partial charge in [-0.15, -0.1) is 0 Å². The van der Waals surface area contributed by atoms with Crippen molar-refractivity contribution in [2.75, 3.05) is 13.2 Å². The normalized spacial score (nSPS) is 16.0. The van der Waals surface area contributed by atoms with Crippen molar-refractivity contribution in [3.8, 4) is 0 Å². The molecule has 1 saturated heterocycles. The van der Waals surface area contributed by atoms with E-state index in [1.165, 1.54) is 154 Å². The Labute approximate surface area is 283 Å². The van der Waals surface area contributed by atoms with Crippen molar-refractivity contribution in [1.29, 1.82) is 0 Å². The quantitative estimate of drug-likeness (QED) is 0.0546. The molecule has 0 N–H and O–H groups in total. The van der Waals surface area contributed by atoms with Crippen LogP contribution in [0, 0.1) is 5.92 Å². The first-order chi connectivity index (χ1) is 22.3. The summed E-state index contributed by atoms with van der Waals surface area (Å²) in [5.41, 5.74) is 0. The van der Waals surface area contributed by atoms with Crippen LogP contribution in [0.4, 0.5) is 0 Å². The molecule has 1 rings (SSSR count). The lowest BCUT2D eigenvalue weighted by molar-refractivity contribution is -0.290. The van der Waals surface area contributed by atoms with Gasteiger partial charge in [0.15, 0.2) is 5.79 Å². The van der Waals surface area contributed by atoms with Crippen LogP contribution >= 0.6 is 0 Å². The zero-order valence-corrected chi connectivity index (χ0v) is 30.7. The summed E-state index contributed by atoms with van der Waals surface area (Å²) in [5.74, 6) is 0.296. The maximum Gasteiger partial charge on any atom is 0.168 e. The van der Waals surface area contributed by atoms with E-state index in [0.717, 1.165) is 38.9 Å². The van der Waals surface area contributed by atoms with Crippen LogP contribution in [0.5, 0.6) is 0 Å². The molecule has 0 aliphatic carbocycles. The molecule has 0 atom stereocenters. The lowest BCUT2D eigenvalue weighted by Gasteiger charge is -2.40. The van der Waals surface area contributed by atoms with Crippen molar-refractivity contribution in [2.24, 2.45) is 5.92 Å². The zero-order valence-electron chi connectivity index (χ0n) is 30.7. The van der Waals surface area contributed by atoms with E-state index >= 15 is 0 Å². The summed E-state index contributed by atoms with van der Waals surface area (Å²) in [4.78, 5) is 0. The molecule has 1 aliphatic heterocycles. The first kappa shape index (κ1) is 41.9. The number of rotatable bonds is 32. The van der Waals surface area contributed by atoms with Gasteiger partial charge in [-0.3, -0.25) is 0 Å². The third-order valence-corrected chi connectivity index (χ3v) is 9.38. The Morgan fingerprint density at radius 2 is 0.778 bits per heavy atom. The Morgan fingerprint density at radius 1 is 0.422 bits per heavy atom. The average Bonchev–Trinajstić information content (AvgIpc) is 3.05. The van der Waals surface area contributed by atoms with E-state index in [0.29, 0.717) is 5.92 Å². The summed E-state index contributed by atoms with van der Waals surface area (Å²) in [5, 5.41) is 0. The first-order valence-corrected chi connectivity index (χ1v) is 20.1. The first-order valence-electron chi connectivity index (χ1n) is 20.1. The number of ether oxygens (including phenoxy) is 2. The number of allylic oxidation sites excluding steroid dienone is 8. The van der Waals surface area contributed by atoms with E-state index in [1.54, 1.807) is 0 Å². The Hall–Kier alpha value is -1.12. The van der Waals surface area contributed by atoms with Gasteiger partial charge in [0.05, 0.1) is 13.2 Å². The molecule has 0 radical (unpaired) electrons. The molecule has 1 fully saturated rings. The van der Waals surface area contributed by atoms with Crippen LogP contribution in [0.25, 0.3) is 0 Å². The predicted molar refractivity (Wildman–Crippen MR) is 201 cm³/mol. The summed E-state index contributed by atoms with van der Waals surface area (Å²) in [6.45, 7) is 8.62. The van der Waals surface area contributed by atoms with Crippen LogP contribution in [0.2, 0.25) is 0 Å². The van der Waals surface area contributed by atoms with Gasteiger partial charge in [-0.05, 0) is 83.5 Å². The second-order valence-electron chi connectivity index (χ2n) is 13.9. The molecule has 2 heteroatoms. The molecular formula is C43H78O2. The fourth-order valence-electron chi connectivity index (χ4n) is 6.38. The topological polar surface area (TPSA) is 18.5 Å². The summed E-state index contributed by atoms with van der Waals surface area (Å²) >= 11 is 0. The largest absolute Gasteiger partial charge is 0.350 e. The maximum atomic E-state index is 6.53. The van der Waals surface area contributed by atoms with Crippen LogP contribution in [0.3, 0.4) is 0 Å². The molecule has 1 heterocycles. The molecule has 0 unspecified atom stereocenters. The molecule has 0 aromatic rings. The Bertz CT molecular complexity index is 659. The predicted octanol–water partition coefficient (Wildman–Crippen LogP) is 14.6. The van der Waals surface area contributed by atoms with Gasteiger partial charge in [-0.1, -0.05) is 153 Å². The Balaban J connectivity index is 2.12. The second-order valence-corrected chi connectivity index (χ2v) is 13.9. The fraction of sp³-hybridized carbons (Fsp3) is 0.814. The molecule has 2 nitrogen and oxygen atoms in total. The molecule has 0 aromatic heterocycles. The van der Waals surface area contributed by atoms with E-state index in [1.807, 2.05) is 0 Å². The molecular weight excluding hydrogens is 548 g/mol. The van der Waals surface area contributed by atoms with Crippen LogP contribution in [-0.4, -0.2) is 19.0 Å². The minimum absolute atomic E-state index is 0.297. The van der Waals surface area contributed by atoms with Crippen molar-refractivity contribution in [1.82, 2.24) is 0 Å². The Morgan fingerprint density at radius 3 is 1.16 bits per heavy atom. The number of hydrogen-bond acceptors (Lipinski definition) is 2. The third-order valence-electron chi connectivity index (χ3n) is 9.38. The lowest BCUT2D eigenvalue weighted by Crippen LogP contribution is -2.44. The van der Waals surface area contributed by atoms with Gasteiger partial charge >= 0.3 is 0 Å². The molecule has 45 heavy (non-hydrogen) atoms. The minimum Gasteiger partial charge on any atom is -0.350 e. The highest BCUT2D eigenvalue weighted by Crippen LogP contribution is 2.34. The van der Waals surface area contributed by atoms with E-state index in [4.69, 9.17) is 9.47 Å². The summed E-state index contributed by atoms with van der Waals surface area (Å²) in [6.07, 6.45) is 54.6. The van der Waals surface area contributed by atoms with E-state index in [2.05, 4.69) is 69.4 Å². The van der Waals surface area contributed by atoms with E-state index in [9.17, 15) is 0 Å². The number of hydrogen-bond donors (Lipinski definition) is 0. The summed E-state index contributed by atoms with van der Waals surface area (Å²) in [6, 6.07) is 0. The molecule has 0 spiro atoms. The highest BCUT2D eigenvalue weighted by molar-refractivity contribution is 4.93. The van der Waals surface area contributed by atoms with Gasteiger partial charge in [-0.2, -0.15) is 0 Å². The highest BCUT2D eigenvalue weighted by Gasteiger charge is 2.36. The Kier molecular flexibility index (Phi) is 30.5. The van der Waals surface area contributed by atoms with E-state index < -0.39 is 0 Å².